The van der Waals surface area contributed by atoms with Gasteiger partial charge in [0.2, 0.25) is 0 Å². The van der Waals surface area contributed by atoms with Crippen LogP contribution >= 0.6 is 0 Å². The summed E-state index contributed by atoms with van der Waals surface area (Å²) in [7, 11) is 0. The minimum absolute atomic E-state index is 0.0151. The molecule has 6 heteroatoms. The summed E-state index contributed by atoms with van der Waals surface area (Å²) in [6.07, 6.45) is -0.619. The van der Waals surface area contributed by atoms with Crippen LogP contribution in [0, 0.1) is 17.1 Å². The highest BCUT2D eigenvalue weighted by atomic mass is 19.1. The molecule has 2 rings (SSSR count). The Bertz CT molecular complexity index is 484. The quantitative estimate of drug-likeness (QED) is 0.813. The topological polar surface area (TPSA) is 68.5 Å². The van der Waals surface area contributed by atoms with Crippen molar-refractivity contribution in [1.29, 1.82) is 5.26 Å². The number of aliphatic hydroxyl groups excluding tert-OH is 1. The molecule has 1 aliphatic rings. The lowest BCUT2D eigenvalue weighted by Crippen LogP contribution is -2.47. The molecule has 1 fully saturated rings. The molecule has 0 amide bonds. The van der Waals surface area contributed by atoms with Gasteiger partial charge in [-0.15, -0.1) is 0 Å². The van der Waals surface area contributed by atoms with Crippen LogP contribution < -0.4 is 10.1 Å². The Kier molecular flexibility index (Phi) is 5.30. The number of ether oxygens (including phenoxy) is 1. The van der Waals surface area contributed by atoms with Crippen molar-refractivity contribution >= 4 is 0 Å². The van der Waals surface area contributed by atoms with E-state index in [2.05, 4.69) is 10.2 Å². The molecule has 0 radical (unpaired) electrons. The van der Waals surface area contributed by atoms with E-state index in [9.17, 15) is 9.50 Å². The maximum absolute atomic E-state index is 13.4. The van der Waals surface area contributed by atoms with Crippen LogP contribution in [-0.2, 0) is 0 Å². The smallest absolute Gasteiger partial charge is 0.144 e. The molecule has 0 aliphatic carbocycles. The van der Waals surface area contributed by atoms with Crippen molar-refractivity contribution in [3.63, 3.8) is 0 Å². The minimum Gasteiger partial charge on any atom is -0.491 e. The number of hydrogen-bond donors (Lipinski definition) is 2. The van der Waals surface area contributed by atoms with E-state index in [4.69, 9.17) is 10.00 Å². The number of nitriles is 1. The summed E-state index contributed by atoms with van der Waals surface area (Å²) in [5.41, 5.74) is -0.0151. The number of rotatable bonds is 5. The van der Waals surface area contributed by atoms with Crippen molar-refractivity contribution < 1.29 is 14.2 Å². The van der Waals surface area contributed by atoms with Crippen LogP contribution in [0.3, 0.4) is 0 Å². The van der Waals surface area contributed by atoms with E-state index in [0.29, 0.717) is 12.3 Å². The summed E-state index contributed by atoms with van der Waals surface area (Å²) in [6.45, 7) is 4.31. The molecule has 0 spiro atoms. The third kappa shape index (κ3) is 4.17. The van der Waals surface area contributed by atoms with Gasteiger partial charge in [0.25, 0.3) is 0 Å². The summed E-state index contributed by atoms with van der Waals surface area (Å²) >= 11 is 0. The number of nitrogens with one attached hydrogen (secondary N) is 1. The lowest BCUT2D eigenvalue weighted by Gasteiger charge is -2.29. The first kappa shape index (κ1) is 14.7. The van der Waals surface area contributed by atoms with Crippen LogP contribution in [0.2, 0.25) is 0 Å². The molecule has 1 saturated heterocycles. The Morgan fingerprint density at radius 3 is 2.85 bits per heavy atom. The highest BCUT2D eigenvalue weighted by Crippen LogP contribution is 2.16. The fraction of sp³-hybridized carbons (Fsp3) is 0.500. The van der Waals surface area contributed by atoms with E-state index >= 15 is 0 Å². The molecule has 0 aromatic heterocycles. The van der Waals surface area contributed by atoms with Crippen molar-refractivity contribution in [3.8, 4) is 11.8 Å². The van der Waals surface area contributed by atoms with Crippen LogP contribution in [0.15, 0.2) is 18.2 Å². The van der Waals surface area contributed by atoms with Crippen molar-refractivity contribution in [2.75, 3.05) is 39.3 Å². The summed E-state index contributed by atoms with van der Waals surface area (Å²) < 4.78 is 18.7. The van der Waals surface area contributed by atoms with E-state index < -0.39 is 11.9 Å². The Hall–Kier alpha value is -1.68. The normalized spacial score (nSPS) is 17.4. The van der Waals surface area contributed by atoms with E-state index in [0.717, 1.165) is 32.2 Å². The molecule has 1 unspecified atom stereocenters. The monoisotopic (exact) mass is 279 g/mol. The van der Waals surface area contributed by atoms with Gasteiger partial charge in [-0.2, -0.15) is 5.26 Å². The van der Waals surface area contributed by atoms with Gasteiger partial charge < -0.3 is 15.2 Å². The van der Waals surface area contributed by atoms with Gasteiger partial charge in [0.1, 0.15) is 30.3 Å². The number of piperazine rings is 1. The van der Waals surface area contributed by atoms with Crippen LogP contribution in [0.25, 0.3) is 0 Å². The van der Waals surface area contributed by atoms with Gasteiger partial charge in [0, 0.05) is 38.8 Å². The summed E-state index contributed by atoms with van der Waals surface area (Å²) in [5.74, 6) is -0.289. The first-order valence-electron chi connectivity index (χ1n) is 6.62. The maximum Gasteiger partial charge on any atom is 0.144 e. The van der Waals surface area contributed by atoms with Crippen LogP contribution in [0.1, 0.15) is 5.56 Å². The molecule has 1 heterocycles. The van der Waals surface area contributed by atoms with Crippen molar-refractivity contribution in [3.05, 3.63) is 29.6 Å². The number of halogens is 1. The van der Waals surface area contributed by atoms with E-state index in [1.807, 2.05) is 0 Å². The Morgan fingerprint density at radius 2 is 2.20 bits per heavy atom. The molecule has 0 bridgehead atoms. The number of hydrogen-bond acceptors (Lipinski definition) is 5. The highest BCUT2D eigenvalue weighted by Gasteiger charge is 2.15. The van der Waals surface area contributed by atoms with Crippen LogP contribution in [0.4, 0.5) is 4.39 Å². The van der Waals surface area contributed by atoms with E-state index in [1.54, 1.807) is 6.07 Å². The molecule has 5 nitrogen and oxygen atoms in total. The zero-order valence-electron chi connectivity index (χ0n) is 11.2. The molecule has 1 atom stereocenters. The predicted molar refractivity (Wildman–Crippen MR) is 71.9 cm³/mol. The summed E-state index contributed by atoms with van der Waals surface area (Å²) in [6, 6.07) is 5.81. The molecule has 0 saturated carbocycles. The molecule has 20 heavy (non-hydrogen) atoms. The average molecular weight is 279 g/mol. The summed E-state index contributed by atoms with van der Waals surface area (Å²) in [4.78, 5) is 2.16. The number of aliphatic hydroxyl groups is 1. The number of β-amino-alcohol motifs (C(OH)–C–C–N with tert-alkyl or cyclic N) is 1. The number of nitrogens with zero attached hydrogens (tertiary/aromatic N) is 2. The predicted octanol–water partition coefficient (Wildman–Crippen LogP) is 0.342. The lowest BCUT2D eigenvalue weighted by molar-refractivity contribution is 0.0640. The molecular formula is C14H18FN3O2. The first-order chi connectivity index (χ1) is 9.69. The zero-order valence-corrected chi connectivity index (χ0v) is 11.2. The van der Waals surface area contributed by atoms with Gasteiger partial charge in [-0.05, 0) is 12.1 Å². The van der Waals surface area contributed by atoms with Gasteiger partial charge >= 0.3 is 0 Å². The lowest BCUT2D eigenvalue weighted by atomic mass is 10.2. The van der Waals surface area contributed by atoms with E-state index in [-0.39, 0.29) is 12.2 Å². The van der Waals surface area contributed by atoms with Crippen molar-refractivity contribution in [1.82, 2.24) is 10.2 Å². The molecule has 2 N–H and O–H groups in total. The third-order valence-corrected chi connectivity index (χ3v) is 3.18. The number of benzene rings is 1. The largest absolute Gasteiger partial charge is 0.491 e. The second-order valence-corrected chi connectivity index (χ2v) is 4.77. The van der Waals surface area contributed by atoms with Gasteiger partial charge in [-0.1, -0.05) is 0 Å². The fourth-order valence-corrected chi connectivity index (χ4v) is 2.11. The maximum atomic E-state index is 13.4. The minimum atomic E-state index is -0.619. The van der Waals surface area contributed by atoms with Crippen LogP contribution in [0.5, 0.6) is 5.75 Å². The van der Waals surface area contributed by atoms with Gasteiger partial charge in [-0.3, -0.25) is 4.90 Å². The molecular weight excluding hydrogens is 261 g/mol. The second-order valence-electron chi connectivity index (χ2n) is 4.77. The second kappa shape index (κ2) is 7.20. The van der Waals surface area contributed by atoms with Gasteiger partial charge in [0.05, 0.1) is 5.56 Å². The third-order valence-electron chi connectivity index (χ3n) is 3.18. The molecule has 1 aromatic carbocycles. The fourth-order valence-electron chi connectivity index (χ4n) is 2.11. The molecule has 1 aromatic rings. The van der Waals surface area contributed by atoms with Crippen molar-refractivity contribution in [2.45, 2.75) is 6.10 Å². The SMILES string of the molecule is N#Cc1ccc(OCC(O)CN2CCNCC2)cc1F. The first-order valence-corrected chi connectivity index (χ1v) is 6.62. The van der Waals surface area contributed by atoms with Crippen molar-refractivity contribution in [2.24, 2.45) is 0 Å². The molecule has 108 valence electrons. The molecule has 1 aliphatic heterocycles. The van der Waals surface area contributed by atoms with Gasteiger partial charge in [-0.25, -0.2) is 4.39 Å². The zero-order chi connectivity index (χ0) is 14.4. The standard InChI is InChI=1S/C14H18FN3O2/c15-14-7-13(2-1-11(14)8-16)20-10-12(19)9-18-5-3-17-4-6-18/h1-2,7,12,17,19H,3-6,9-10H2. The Balaban J connectivity index is 1.79. The highest BCUT2D eigenvalue weighted by molar-refractivity contribution is 5.36. The average Bonchev–Trinajstić information content (AvgIpc) is 2.46. The Morgan fingerprint density at radius 1 is 1.45 bits per heavy atom. The Labute approximate surface area is 117 Å². The van der Waals surface area contributed by atoms with E-state index in [1.165, 1.54) is 12.1 Å². The van der Waals surface area contributed by atoms with Crippen LogP contribution in [-0.4, -0.2) is 55.4 Å². The summed E-state index contributed by atoms with van der Waals surface area (Å²) in [5, 5.41) is 21.8. The van der Waals surface area contributed by atoms with Gasteiger partial charge in [0.15, 0.2) is 0 Å².